The van der Waals surface area contributed by atoms with E-state index >= 15 is 0 Å². The van der Waals surface area contributed by atoms with Crippen LogP contribution in [0.15, 0.2) is 22.7 Å². The van der Waals surface area contributed by atoms with Crippen molar-refractivity contribution in [3.8, 4) is 5.75 Å². The fourth-order valence-corrected chi connectivity index (χ4v) is 2.13. The van der Waals surface area contributed by atoms with Crippen molar-refractivity contribution < 1.29 is 4.74 Å². The number of hydrogen-bond donors (Lipinski definition) is 1. The maximum Gasteiger partial charge on any atom is 0.133 e. The molecule has 0 heterocycles. The van der Waals surface area contributed by atoms with Crippen LogP contribution in [0, 0.1) is 5.92 Å². The Labute approximate surface area is 119 Å². The summed E-state index contributed by atoms with van der Waals surface area (Å²) in [5.41, 5.74) is 7.22. The van der Waals surface area contributed by atoms with Crippen LogP contribution in [0.2, 0.25) is 0 Å². The second-order valence-corrected chi connectivity index (χ2v) is 5.82. The molecule has 2 N–H and O–H groups in total. The zero-order valence-corrected chi connectivity index (χ0v) is 13.2. The normalized spacial score (nSPS) is 14.3. The van der Waals surface area contributed by atoms with E-state index in [9.17, 15) is 0 Å². The lowest BCUT2D eigenvalue weighted by Gasteiger charge is -2.14. The van der Waals surface area contributed by atoms with E-state index in [1.54, 1.807) is 0 Å². The van der Waals surface area contributed by atoms with E-state index < -0.39 is 0 Å². The molecular weight excluding hydrogens is 290 g/mol. The molecule has 0 aromatic heterocycles. The molecule has 2 atom stereocenters. The summed E-state index contributed by atoms with van der Waals surface area (Å²) < 4.78 is 6.82. The van der Waals surface area contributed by atoms with E-state index in [-0.39, 0.29) is 6.04 Å². The average molecular weight is 314 g/mol. The van der Waals surface area contributed by atoms with Crippen LogP contribution in [-0.4, -0.2) is 12.6 Å². The van der Waals surface area contributed by atoms with E-state index in [4.69, 9.17) is 10.5 Å². The van der Waals surface area contributed by atoms with Crippen LogP contribution < -0.4 is 10.5 Å². The van der Waals surface area contributed by atoms with Crippen molar-refractivity contribution in [3.05, 3.63) is 28.2 Å². The molecule has 0 spiro atoms. The largest absolute Gasteiger partial charge is 0.492 e. The third kappa shape index (κ3) is 4.99. The van der Waals surface area contributed by atoms with Gasteiger partial charge in [-0.2, -0.15) is 0 Å². The summed E-state index contributed by atoms with van der Waals surface area (Å²) in [6, 6.07) is 6.49. The Kier molecular flexibility index (Phi) is 6.72. The highest BCUT2D eigenvalue weighted by atomic mass is 79.9. The summed E-state index contributed by atoms with van der Waals surface area (Å²) in [6.07, 6.45) is 3.06. The fourth-order valence-electron chi connectivity index (χ4n) is 1.59. The van der Waals surface area contributed by atoms with Crippen LogP contribution >= 0.6 is 15.9 Å². The molecular formula is C15H24BrNO. The number of halogens is 1. The van der Waals surface area contributed by atoms with Gasteiger partial charge >= 0.3 is 0 Å². The van der Waals surface area contributed by atoms with Crippen LogP contribution in [0.25, 0.3) is 0 Å². The molecule has 0 amide bonds. The summed E-state index contributed by atoms with van der Waals surface area (Å²) in [7, 11) is 0. The minimum atomic E-state index is 0.240. The van der Waals surface area contributed by atoms with Gasteiger partial charge in [0.15, 0.2) is 0 Å². The maximum atomic E-state index is 5.96. The molecule has 0 saturated heterocycles. The standard InChI is InChI=1S/C15H24BrNO/c1-4-11(3)10-18-15-7-6-12(9-14(15)16)8-13(17)5-2/h6-7,9,11,13H,4-5,8,10,17H2,1-3H3. The predicted octanol–water partition coefficient (Wildman–Crippen LogP) is 4.15. The quantitative estimate of drug-likeness (QED) is 0.820. The molecule has 0 bridgehead atoms. The number of ether oxygens (including phenoxy) is 1. The molecule has 3 heteroatoms. The monoisotopic (exact) mass is 313 g/mol. The SMILES string of the molecule is CCC(C)COc1ccc(CC(N)CC)cc1Br. The summed E-state index contributed by atoms with van der Waals surface area (Å²) in [5.74, 6) is 1.51. The second kappa shape index (κ2) is 7.80. The van der Waals surface area contributed by atoms with E-state index in [2.05, 4.69) is 48.8 Å². The molecule has 1 aromatic carbocycles. The van der Waals surface area contributed by atoms with Gasteiger partial charge in [-0.1, -0.05) is 33.3 Å². The molecule has 2 nitrogen and oxygen atoms in total. The fraction of sp³-hybridized carbons (Fsp3) is 0.600. The molecule has 0 fully saturated rings. The second-order valence-electron chi connectivity index (χ2n) is 4.96. The van der Waals surface area contributed by atoms with Crippen molar-refractivity contribution in [2.24, 2.45) is 11.7 Å². The third-order valence-electron chi connectivity index (χ3n) is 3.24. The highest BCUT2D eigenvalue weighted by Gasteiger charge is 2.07. The Morgan fingerprint density at radius 3 is 2.56 bits per heavy atom. The highest BCUT2D eigenvalue weighted by Crippen LogP contribution is 2.27. The van der Waals surface area contributed by atoms with Gasteiger partial charge in [0.1, 0.15) is 5.75 Å². The van der Waals surface area contributed by atoms with Gasteiger partial charge in [-0.15, -0.1) is 0 Å². The molecule has 1 rings (SSSR count). The zero-order chi connectivity index (χ0) is 13.5. The van der Waals surface area contributed by atoms with Gasteiger partial charge in [0, 0.05) is 6.04 Å². The minimum absolute atomic E-state index is 0.240. The number of hydrogen-bond acceptors (Lipinski definition) is 2. The zero-order valence-electron chi connectivity index (χ0n) is 11.6. The molecule has 2 unspecified atom stereocenters. The Morgan fingerprint density at radius 2 is 2.00 bits per heavy atom. The van der Waals surface area contributed by atoms with Crippen LogP contribution in [-0.2, 0) is 6.42 Å². The van der Waals surface area contributed by atoms with Gasteiger partial charge in [0.25, 0.3) is 0 Å². The Bertz CT molecular complexity index is 368. The van der Waals surface area contributed by atoms with Gasteiger partial charge in [-0.05, 0) is 52.4 Å². The number of benzene rings is 1. The minimum Gasteiger partial charge on any atom is -0.492 e. The maximum absolute atomic E-state index is 5.96. The molecule has 0 saturated carbocycles. The summed E-state index contributed by atoms with van der Waals surface area (Å²) in [6.45, 7) is 7.26. The van der Waals surface area contributed by atoms with Gasteiger partial charge in [0.05, 0.1) is 11.1 Å². The van der Waals surface area contributed by atoms with E-state index in [1.165, 1.54) is 5.56 Å². The molecule has 18 heavy (non-hydrogen) atoms. The van der Waals surface area contributed by atoms with Crippen LogP contribution in [0.4, 0.5) is 0 Å². The molecule has 0 radical (unpaired) electrons. The molecule has 0 aliphatic rings. The summed E-state index contributed by atoms with van der Waals surface area (Å²) >= 11 is 3.57. The van der Waals surface area contributed by atoms with E-state index in [1.807, 2.05) is 6.07 Å². The van der Waals surface area contributed by atoms with Crippen molar-refractivity contribution in [1.29, 1.82) is 0 Å². The lowest BCUT2D eigenvalue weighted by atomic mass is 10.0. The molecule has 1 aromatic rings. The van der Waals surface area contributed by atoms with Crippen LogP contribution in [0.5, 0.6) is 5.75 Å². The topological polar surface area (TPSA) is 35.2 Å². The van der Waals surface area contributed by atoms with Crippen molar-refractivity contribution in [1.82, 2.24) is 0 Å². The Balaban J connectivity index is 2.62. The number of nitrogens with two attached hydrogens (primary N) is 1. The lowest BCUT2D eigenvalue weighted by Crippen LogP contribution is -2.21. The van der Waals surface area contributed by atoms with Crippen LogP contribution in [0.3, 0.4) is 0 Å². The number of rotatable bonds is 7. The summed E-state index contributed by atoms with van der Waals surface area (Å²) in [5, 5.41) is 0. The molecule has 102 valence electrons. The van der Waals surface area contributed by atoms with Crippen LogP contribution in [0.1, 0.15) is 39.2 Å². The first-order valence-electron chi connectivity index (χ1n) is 6.73. The molecule has 0 aliphatic heterocycles. The van der Waals surface area contributed by atoms with Crippen molar-refractivity contribution in [2.45, 2.75) is 46.1 Å². The van der Waals surface area contributed by atoms with Crippen molar-refractivity contribution in [2.75, 3.05) is 6.61 Å². The smallest absolute Gasteiger partial charge is 0.133 e. The van der Waals surface area contributed by atoms with Gasteiger partial charge in [-0.3, -0.25) is 0 Å². The third-order valence-corrected chi connectivity index (χ3v) is 3.86. The van der Waals surface area contributed by atoms with Crippen molar-refractivity contribution >= 4 is 15.9 Å². The summed E-state index contributed by atoms with van der Waals surface area (Å²) in [4.78, 5) is 0. The lowest BCUT2D eigenvalue weighted by molar-refractivity contribution is 0.255. The first-order chi connectivity index (χ1) is 8.56. The first kappa shape index (κ1) is 15.5. The molecule has 0 aliphatic carbocycles. The van der Waals surface area contributed by atoms with Gasteiger partial charge < -0.3 is 10.5 Å². The van der Waals surface area contributed by atoms with Crippen molar-refractivity contribution in [3.63, 3.8) is 0 Å². The van der Waals surface area contributed by atoms with E-state index in [0.29, 0.717) is 5.92 Å². The highest BCUT2D eigenvalue weighted by molar-refractivity contribution is 9.10. The van der Waals surface area contributed by atoms with Gasteiger partial charge in [0.2, 0.25) is 0 Å². The Hall–Kier alpha value is -0.540. The average Bonchev–Trinajstić information content (AvgIpc) is 2.37. The Morgan fingerprint density at radius 1 is 1.28 bits per heavy atom. The first-order valence-corrected chi connectivity index (χ1v) is 7.52. The van der Waals surface area contributed by atoms with Gasteiger partial charge in [-0.25, -0.2) is 0 Å². The van der Waals surface area contributed by atoms with E-state index in [0.717, 1.165) is 36.1 Å². The predicted molar refractivity (Wildman–Crippen MR) is 81.1 cm³/mol.